The molecular weight excluding hydrogens is 314 g/mol. The standard InChI is InChI=1S/C16H12F2N2O2.C2H6/c1-9-14(15-11(17)4-3-5-12(15)18)13-7-6-10(16(21)22-2)8-20(13)19-9;1-2/h3-8H,1-2H3;1-2H3. The summed E-state index contributed by atoms with van der Waals surface area (Å²) in [4.78, 5) is 11.5. The van der Waals surface area contributed by atoms with Crippen LogP contribution in [0.5, 0.6) is 0 Å². The molecule has 3 rings (SSSR count). The fourth-order valence-electron chi connectivity index (χ4n) is 2.45. The zero-order chi connectivity index (χ0) is 17.9. The number of hydrogen-bond donors (Lipinski definition) is 0. The highest BCUT2D eigenvalue weighted by molar-refractivity contribution is 5.91. The van der Waals surface area contributed by atoms with Crippen molar-refractivity contribution in [1.82, 2.24) is 9.61 Å². The van der Waals surface area contributed by atoms with E-state index >= 15 is 0 Å². The lowest BCUT2D eigenvalue weighted by molar-refractivity contribution is 0.0600. The van der Waals surface area contributed by atoms with E-state index < -0.39 is 17.6 Å². The van der Waals surface area contributed by atoms with Crippen LogP contribution in [-0.2, 0) is 4.74 Å². The maximum Gasteiger partial charge on any atom is 0.339 e. The minimum atomic E-state index is -0.657. The molecule has 6 heteroatoms. The molecule has 0 amide bonds. The van der Waals surface area contributed by atoms with Crippen molar-refractivity contribution in [1.29, 1.82) is 0 Å². The molecule has 0 bridgehead atoms. The SMILES string of the molecule is CC.COC(=O)c1ccc2c(-c3c(F)cccc3F)c(C)nn2c1. The Morgan fingerprint density at radius 1 is 1.08 bits per heavy atom. The highest BCUT2D eigenvalue weighted by Gasteiger charge is 2.19. The van der Waals surface area contributed by atoms with Gasteiger partial charge in [-0.15, -0.1) is 0 Å². The topological polar surface area (TPSA) is 43.6 Å². The molecule has 0 aliphatic heterocycles. The second kappa shape index (κ2) is 7.21. The summed E-state index contributed by atoms with van der Waals surface area (Å²) in [6.07, 6.45) is 1.47. The van der Waals surface area contributed by atoms with Gasteiger partial charge in [0.05, 0.1) is 29.4 Å². The number of hydrogen-bond acceptors (Lipinski definition) is 3. The fraction of sp³-hybridized carbons (Fsp3) is 0.222. The summed E-state index contributed by atoms with van der Waals surface area (Å²) < 4.78 is 34.1. The lowest BCUT2D eigenvalue weighted by Crippen LogP contribution is -2.03. The zero-order valence-corrected chi connectivity index (χ0v) is 13.9. The maximum atomic E-state index is 14.0. The molecule has 0 saturated heterocycles. The number of fused-ring (bicyclic) bond motifs is 1. The quantitative estimate of drug-likeness (QED) is 0.653. The average molecular weight is 332 g/mol. The second-order valence-corrected chi connectivity index (χ2v) is 4.80. The van der Waals surface area contributed by atoms with Crippen molar-refractivity contribution in [2.45, 2.75) is 20.8 Å². The Hall–Kier alpha value is -2.76. The molecule has 24 heavy (non-hydrogen) atoms. The van der Waals surface area contributed by atoms with Crippen molar-refractivity contribution in [2.75, 3.05) is 7.11 Å². The first-order valence-electron chi connectivity index (χ1n) is 7.54. The van der Waals surface area contributed by atoms with Crippen molar-refractivity contribution in [2.24, 2.45) is 0 Å². The third-order valence-corrected chi connectivity index (χ3v) is 3.44. The number of pyridine rings is 1. The Kier molecular flexibility index (Phi) is 5.28. The van der Waals surface area contributed by atoms with Gasteiger partial charge in [-0.3, -0.25) is 0 Å². The summed E-state index contributed by atoms with van der Waals surface area (Å²) in [6.45, 7) is 5.66. The van der Waals surface area contributed by atoms with E-state index in [-0.39, 0.29) is 5.56 Å². The number of esters is 1. The van der Waals surface area contributed by atoms with Crippen molar-refractivity contribution < 1.29 is 18.3 Å². The molecule has 0 saturated carbocycles. The number of benzene rings is 1. The molecule has 2 heterocycles. The molecule has 126 valence electrons. The van der Waals surface area contributed by atoms with Gasteiger partial charge in [0.15, 0.2) is 0 Å². The highest BCUT2D eigenvalue weighted by atomic mass is 19.1. The fourth-order valence-corrected chi connectivity index (χ4v) is 2.45. The van der Waals surface area contributed by atoms with Gasteiger partial charge < -0.3 is 4.74 Å². The monoisotopic (exact) mass is 332 g/mol. The summed E-state index contributed by atoms with van der Waals surface area (Å²) in [5.74, 6) is -1.82. The molecule has 0 N–H and O–H groups in total. The molecule has 0 aliphatic rings. The van der Waals surface area contributed by atoms with E-state index in [1.165, 1.54) is 42.1 Å². The number of aromatic nitrogens is 2. The molecule has 4 nitrogen and oxygen atoms in total. The first-order valence-corrected chi connectivity index (χ1v) is 7.54. The van der Waals surface area contributed by atoms with Gasteiger partial charge in [-0.25, -0.2) is 18.1 Å². The molecule has 0 spiro atoms. The molecular formula is C18H18F2N2O2. The van der Waals surface area contributed by atoms with Crippen molar-refractivity contribution in [3.8, 4) is 11.1 Å². The molecule has 0 fully saturated rings. The summed E-state index contributed by atoms with van der Waals surface area (Å²) in [5, 5.41) is 4.22. The molecule has 0 aliphatic carbocycles. The smallest absolute Gasteiger partial charge is 0.339 e. The summed E-state index contributed by atoms with van der Waals surface area (Å²) in [6, 6.07) is 6.83. The number of nitrogens with zero attached hydrogens (tertiary/aromatic N) is 2. The van der Waals surface area contributed by atoms with Crippen LogP contribution in [0, 0.1) is 18.6 Å². The second-order valence-electron chi connectivity index (χ2n) is 4.80. The van der Waals surface area contributed by atoms with Crippen molar-refractivity contribution in [3.63, 3.8) is 0 Å². The van der Waals surface area contributed by atoms with Crippen LogP contribution in [0.2, 0.25) is 0 Å². The van der Waals surface area contributed by atoms with E-state index in [0.717, 1.165) is 0 Å². The van der Waals surface area contributed by atoms with Crippen LogP contribution in [-0.4, -0.2) is 22.7 Å². The van der Waals surface area contributed by atoms with Crippen LogP contribution < -0.4 is 0 Å². The van der Waals surface area contributed by atoms with Crippen LogP contribution in [0.3, 0.4) is 0 Å². The third kappa shape index (κ3) is 2.99. The number of rotatable bonds is 2. The van der Waals surface area contributed by atoms with E-state index in [9.17, 15) is 13.6 Å². The van der Waals surface area contributed by atoms with Crippen molar-refractivity contribution in [3.05, 3.63) is 59.4 Å². The summed E-state index contributed by atoms with van der Waals surface area (Å²) in [7, 11) is 1.28. The summed E-state index contributed by atoms with van der Waals surface area (Å²) in [5.41, 5.74) is 1.52. The van der Waals surface area contributed by atoms with Gasteiger partial charge in [0.25, 0.3) is 0 Å². The van der Waals surface area contributed by atoms with Crippen LogP contribution in [0.15, 0.2) is 36.5 Å². The highest BCUT2D eigenvalue weighted by Crippen LogP contribution is 2.32. The largest absolute Gasteiger partial charge is 0.465 e. The maximum absolute atomic E-state index is 14.0. The molecule has 0 atom stereocenters. The number of methoxy groups -OCH3 is 1. The van der Waals surface area contributed by atoms with Gasteiger partial charge in [0, 0.05) is 11.8 Å². The van der Waals surface area contributed by atoms with E-state index in [2.05, 4.69) is 9.84 Å². The summed E-state index contributed by atoms with van der Waals surface area (Å²) >= 11 is 0. The Balaban J connectivity index is 0.00000100. The third-order valence-electron chi connectivity index (χ3n) is 3.44. The minimum absolute atomic E-state index is 0.124. The minimum Gasteiger partial charge on any atom is -0.465 e. The van der Waals surface area contributed by atoms with Gasteiger partial charge >= 0.3 is 5.97 Å². The van der Waals surface area contributed by atoms with Crippen molar-refractivity contribution >= 4 is 11.5 Å². The Morgan fingerprint density at radius 2 is 1.71 bits per heavy atom. The van der Waals surface area contributed by atoms with E-state index in [1.54, 1.807) is 13.0 Å². The molecule has 2 aromatic heterocycles. The number of ether oxygens (including phenoxy) is 1. The molecule has 0 unspecified atom stereocenters. The number of carbonyl (C=O) groups is 1. The average Bonchev–Trinajstić information content (AvgIpc) is 2.91. The predicted octanol–water partition coefficient (Wildman–Crippen LogP) is 4.40. The lowest BCUT2D eigenvalue weighted by atomic mass is 10.0. The predicted molar refractivity (Wildman–Crippen MR) is 88.0 cm³/mol. The van der Waals surface area contributed by atoms with E-state index in [1.807, 2.05) is 13.8 Å². The molecule has 0 radical (unpaired) electrons. The van der Waals surface area contributed by atoms with Gasteiger partial charge in [-0.05, 0) is 31.2 Å². The van der Waals surface area contributed by atoms with Gasteiger partial charge in [0.1, 0.15) is 11.6 Å². The van der Waals surface area contributed by atoms with Gasteiger partial charge in [-0.2, -0.15) is 5.10 Å². The van der Waals surface area contributed by atoms with Gasteiger partial charge in [0.2, 0.25) is 0 Å². The van der Waals surface area contributed by atoms with E-state index in [4.69, 9.17) is 0 Å². The lowest BCUT2D eigenvalue weighted by Gasteiger charge is -2.05. The first-order chi connectivity index (χ1) is 11.5. The molecule has 3 aromatic rings. The normalized spacial score (nSPS) is 10.2. The van der Waals surface area contributed by atoms with E-state index in [0.29, 0.717) is 22.3 Å². The van der Waals surface area contributed by atoms with Crippen LogP contribution in [0.1, 0.15) is 29.9 Å². The number of aryl methyl sites for hydroxylation is 1. The Morgan fingerprint density at radius 3 is 2.29 bits per heavy atom. The molecule has 1 aromatic carbocycles. The number of carbonyl (C=O) groups excluding carboxylic acids is 1. The van der Waals surface area contributed by atoms with Crippen LogP contribution in [0.4, 0.5) is 8.78 Å². The Labute approximate surface area is 138 Å². The van der Waals surface area contributed by atoms with Gasteiger partial charge in [-0.1, -0.05) is 19.9 Å². The van der Waals surface area contributed by atoms with Crippen LogP contribution in [0.25, 0.3) is 16.6 Å². The number of halogens is 2. The zero-order valence-electron chi connectivity index (χ0n) is 13.9. The Bertz CT molecular complexity index is 868. The first kappa shape index (κ1) is 17.6. The van der Waals surface area contributed by atoms with Crippen LogP contribution >= 0.6 is 0 Å².